The van der Waals surface area contributed by atoms with E-state index in [9.17, 15) is 9.59 Å². The monoisotopic (exact) mass is 353 g/mol. The molecule has 1 aliphatic rings. The molecule has 0 radical (unpaired) electrons. The van der Waals surface area contributed by atoms with E-state index < -0.39 is 11.1 Å². The molecule has 114 valence electrons. The van der Waals surface area contributed by atoms with Crippen LogP contribution in [0.25, 0.3) is 0 Å². The van der Waals surface area contributed by atoms with Crippen LogP contribution in [0.2, 0.25) is 0 Å². The Balaban J connectivity index is 2.40. The first-order valence-corrected chi connectivity index (χ1v) is 7.74. The van der Waals surface area contributed by atoms with Crippen molar-refractivity contribution in [2.24, 2.45) is 0 Å². The molecule has 21 heavy (non-hydrogen) atoms. The number of aromatic nitrogens is 1. The van der Waals surface area contributed by atoms with Crippen LogP contribution in [-0.4, -0.2) is 32.8 Å². The van der Waals surface area contributed by atoms with Gasteiger partial charge in [0, 0.05) is 23.4 Å². The Morgan fingerprint density at radius 2 is 1.95 bits per heavy atom. The maximum Gasteiger partial charge on any atom is 0.248 e. The van der Waals surface area contributed by atoms with Crippen LogP contribution in [0.1, 0.15) is 39.7 Å². The van der Waals surface area contributed by atoms with Gasteiger partial charge in [-0.05, 0) is 54.8 Å². The molecule has 1 aromatic rings. The first-order valence-electron chi connectivity index (χ1n) is 6.95. The average molecular weight is 354 g/mol. The SMILES string of the molecule is CCC1(C)C(=O)NC(C)(C)C(=O)N1Cc1cncc(Br)c1. The van der Waals surface area contributed by atoms with Crippen LogP contribution in [0, 0.1) is 0 Å². The molecule has 5 nitrogen and oxygen atoms in total. The molecule has 2 amide bonds. The van der Waals surface area contributed by atoms with E-state index in [4.69, 9.17) is 0 Å². The second kappa shape index (κ2) is 5.40. The summed E-state index contributed by atoms with van der Waals surface area (Å²) in [6.07, 6.45) is 3.97. The molecule has 0 aliphatic carbocycles. The minimum Gasteiger partial charge on any atom is -0.340 e. The molecule has 0 bridgehead atoms. The van der Waals surface area contributed by atoms with E-state index >= 15 is 0 Å². The summed E-state index contributed by atoms with van der Waals surface area (Å²) in [4.78, 5) is 31.0. The van der Waals surface area contributed by atoms with Gasteiger partial charge in [-0.1, -0.05) is 6.92 Å². The van der Waals surface area contributed by atoms with Gasteiger partial charge < -0.3 is 10.2 Å². The molecule has 1 atom stereocenters. The summed E-state index contributed by atoms with van der Waals surface area (Å²) in [5.41, 5.74) is -0.831. The maximum absolute atomic E-state index is 12.7. The fourth-order valence-electron chi connectivity index (χ4n) is 2.48. The van der Waals surface area contributed by atoms with E-state index in [0.29, 0.717) is 13.0 Å². The number of piperazine rings is 1. The maximum atomic E-state index is 12.7. The third kappa shape index (κ3) is 2.81. The van der Waals surface area contributed by atoms with Gasteiger partial charge in [0.2, 0.25) is 11.8 Å². The van der Waals surface area contributed by atoms with Gasteiger partial charge in [0.15, 0.2) is 0 Å². The topological polar surface area (TPSA) is 62.3 Å². The summed E-state index contributed by atoms with van der Waals surface area (Å²) in [6.45, 7) is 7.55. The van der Waals surface area contributed by atoms with Gasteiger partial charge in [0.05, 0.1) is 0 Å². The van der Waals surface area contributed by atoms with Gasteiger partial charge in [-0.25, -0.2) is 0 Å². The molecule has 1 aromatic heterocycles. The number of hydrogen-bond donors (Lipinski definition) is 1. The molecule has 6 heteroatoms. The predicted molar refractivity (Wildman–Crippen MR) is 83.4 cm³/mol. The van der Waals surface area contributed by atoms with E-state index in [1.165, 1.54) is 0 Å². The van der Waals surface area contributed by atoms with Crippen molar-refractivity contribution in [3.8, 4) is 0 Å². The summed E-state index contributed by atoms with van der Waals surface area (Å²) in [7, 11) is 0. The summed E-state index contributed by atoms with van der Waals surface area (Å²) in [5, 5.41) is 2.82. The largest absolute Gasteiger partial charge is 0.340 e. The van der Waals surface area contributed by atoms with Crippen molar-refractivity contribution >= 4 is 27.7 Å². The van der Waals surface area contributed by atoms with Crippen molar-refractivity contribution in [2.75, 3.05) is 0 Å². The highest BCUT2D eigenvalue weighted by Gasteiger charge is 2.51. The minimum absolute atomic E-state index is 0.0774. The molecule has 2 rings (SSSR count). The standard InChI is InChI=1S/C15H20BrN3O2/c1-5-15(4)12(20)18-14(2,3)13(21)19(15)9-10-6-11(16)8-17-7-10/h6-8H,5,9H2,1-4H3,(H,18,20). The molecule has 0 spiro atoms. The lowest BCUT2D eigenvalue weighted by atomic mass is 9.86. The number of halogens is 1. The zero-order valence-electron chi connectivity index (χ0n) is 12.7. The lowest BCUT2D eigenvalue weighted by Crippen LogP contribution is -2.72. The number of hydrogen-bond acceptors (Lipinski definition) is 3. The fourth-order valence-corrected chi connectivity index (χ4v) is 2.89. The molecule has 1 unspecified atom stereocenters. The van der Waals surface area contributed by atoms with Crippen molar-refractivity contribution in [2.45, 2.75) is 51.7 Å². The van der Waals surface area contributed by atoms with Crippen LogP contribution in [-0.2, 0) is 16.1 Å². The normalized spacial score (nSPS) is 24.9. The van der Waals surface area contributed by atoms with Crippen molar-refractivity contribution in [3.63, 3.8) is 0 Å². The number of amides is 2. The third-order valence-corrected chi connectivity index (χ3v) is 4.52. The number of nitrogens with one attached hydrogen (secondary N) is 1. The molecule has 1 fully saturated rings. The van der Waals surface area contributed by atoms with Crippen LogP contribution >= 0.6 is 15.9 Å². The summed E-state index contributed by atoms with van der Waals surface area (Å²) < 4.78 is 0.853. The zero-order valence-corrected chi connectivity index (χ0v) is 14.3. The van der Waals surface area contributed by atoms with Gasteiger partial charge in [-0.3, -0.25) is 14.6 Å². The molecule has 2 heterocycles. The van der Waals surface area contributed by atoms with Crippen LogP contribution < -0.4 is 5.32 Å². The molecule has 0 aromatic carbocycles. The smallest absolute Gasteiger partial charge is 0.248 e. The Labute approximate surface area is 133 Å². The number of nitrogens with zero attached hydrogens (tertiary/aromatic N) is 2. The number of carbonyl (C=O) groups excluding carboxylic acids is 2. The van der Waals surface area contributed by atoms with Crippen LogP contribution in [0.15, 0.2) is 22.9 Å². The van der Waals surface area contributed by atoms with Crippen molar-refractivity contribution in [1.82, 2.24) is 15.2 Å². The highest BCUT2D eigenvalue weighted by atomic mass is 79.9. The van der Waals surface area contributed by atoms with Gasteiger partial charge >= 0.3 is 0 Å². The van der Waals surface area contributed by atoms with E-state index in [0.717, 1.165) is 10.0 Å². The van der Waals surface area contributed by atoms with Crippen LogP contribution in [0.4, 0.5) is 0 Å². The predicted octanol–water partition coefficient (Wildman–Crippen LogP) is 2.25. The van der Waals surface area contributed by atoms with Gasteiger partial charge in [0.1, 0.15) is 11.1 Å². The Morgan fingerprint density at radius 1 is 1.29 bits per heavy atom. The average Bonchev–Trinajstić information content (AvgIpc) is 2.41. The lowest BCUT2D eigenvalue weighted by Gasteiger charge is -2.49. The highest BCUT2D eigenvalue weighted by molar-refractivity contribution is 9.10. The quantitative estimate of drug-likeness (QED) is 0.906. The van der Waals surface area contributed by atoms with Crippen LogP contribution in [0.5, 0.6) is 0 Å². The van der Waals surface area contributed by atoms with Crippen molar-refractivity contribution in [3.05, 3.63) is 28.5 Å². The van der Waals surface area contributed by atoms with E-state index in [1.54, 1.807) is 38.1 Å². The number of carbonyl (C=O) groups is 2. The van der Waals surface area contributed by atoms with Gasteiger partial charge in [0.25, 0.3) is 0 Å². The first-order chi connectivity index (χ1) is 9.70. The molecular weight excluding hydrogens is 334 g/mol. The summed E-state index contributed by atoms with van der Waals surface area (Å²) in [5.74, 6) is -0.191. The molecule has 0 saturated carbocycles. The minimum atomic E-state index is -0.884. The van der Waals surface area contributed by atoms with Gasteiger partial charge in [-0.15, -0.1) is 0 Å². The van der Waals surface area contributed by atoms with Crippen molar-refractivity contribution in [1.29, 1.82) is 0 Å². The van der Waals surface area contributed by atoms with E-state index in [1.807, 2.05) is 13.0 Å². The highest BCUT2D eigenvalue weighted by Crippen LogP contribution is 2.30. The second-order valence-corrected chi connectivity index (χ2v) is 7.02. The Hall–Kier alpha value is -1.43. The van der Waals surface area contributed by atoms with Crippen LogP contribution in [0.3, 0.4) is 0 Å². The summed E-state index contributed by atoms with van der Waals surface area (Å²) >= 11 is 3.38. The summed E-state index contributed by atoms with van der Waals surface area (Å²) in [6, 6.07) is 1.91. The number of pyridine rings is 1. The molecule has 1 aliphatic heterocycles. The second-order valence-electron chi connectivity index (χ2n) is 6.11. The molecular formula is C15H20BrN3O2. The van der Waals surface area contributed by atoms with Crippen molar-refractivity contribution < 1.29 is 9.59 Å². The Kier molecular flexibility index (Phi) is 4.10. The van der Waals surface area contributed by atoms with E-state index in [2.05, 4.69) is 26.2 Å². The third-order valence-electron chi connectivity index (χ3n) is 4.08. The Morgan fingerprint density at radius 3 is 2.52 bits per heavy atom. The van der Waals surface area contributed by atoms with Gasteiger partial charge in [-0.2, -0.15) is 0 Å². The molecule has 1 saturated heterocycles. The van der Waals surface area contributed by atoms with E-state index in [-0.39, 0.29) is 11.8 Å². The molecule has 1 N–H and O–H groups in total. The Bertz CT molecular complexity index is 588. The lowest BCUT2D eigenvalue weighted by molar-refractivity contribution is -0.161. The first kappa shape index (κ1) is 15.9. The number of rotatable bonds is 3. The zero-order chi connectivity index (χ0) is 15.8. The fraction of sp³-hybridized carbons (Fsp3) is 0.533.